The van der Waals surface area contributed by atoms with E-state index in [4.69, 9.17) is 0 Å². The molecule has 0 radical (unpaired) electrons. The van der Waals surface area contributed by atoms with Crippen molar-refractivity contribution in [3.63, 3.8) is 0 Å². The summed E-state index contributed by atoms with van der Waals surface area (Å²) in [5, 5.41) is 2.63. The van der Waals surface area contributed by atoms with Crippen LogP contribution in [0.5, 0.6) is 0 Å². The average Bonchev–Trinajstić information content (AvgIpc) is 2.79. The molecule has 2 aromatic carbocycles. The zero-order valence-electron chi connectivity index (χ0n) is 21.1. The number of amides is 2. The van der Waals surface area contributed by atoms with Crippen LogP contribution in [-0.2, 0) is 26.3 Å². The van der Waals surface area contributed by atoms with E-state index in [9.17, 15) is 18.0 Å². The monoisotopic (exact) mass is 488 g/mol. The summed E-state index contributed by atoms with van der Waals surface area (Å²) in [6.07, 6.45) is 0.390. The maximum absolute atomic E-state index is 13.8. The Balaban J connectivity index is 2.56. The van der Waals surface area contributed by atoms with Crippen LogP contribution in [0.25, 0.3) is 0 Å². The minimum Gasteiger partial charge on any atom is -0.357 e. The number of anilines is 1. The minimum atomic E-state index is -3.98. The van der Waals surface area contributed by atoms with E-state index in [0.717, 1.165) is 30.9 Å². The van der Waals surface area contributed by atoms with Gasteiger partial charge in [0.15, 0.2) is 0 Å². The molecule has 186 valence electrons. The highest BCUT2D eigenvalue weighted by molar-refractivity contribution is 7.90. The van der Waals surface area contributed by atoms with E-state index in [0.29, 0.717) is 12.1 Å². The molecule has 0 heterocycles. The van der Waals surface area contributed by atoms with Crippen LogP contribution in [0.15, 0.2) is 42.5 Å². The molecule has 0 fully saturated rings. The second-order valence-electron chi connectivity index (χ2n) is 8.57. The van der Waals surface area contributed by atoms with Crippen molar-refractivity contribution in [3.05, 3.63) is 64.7 Å². The molecular formula is C25H36N4O4S. The second-order valence-corrected chi connectivity index (χ2v) is 10.6. The summed E-state index contributed by atoms with van der Waals surface area (Å²) in [6, 6.07) is 12.4. The number of aryl methyl sites for hydroxylation is 3. The number of carbonyl (C=O) groups is 2. The first-order chi connectivity index (χ1) is 15.9. The van der Waals surface area contributed by atoms with Crippen LogP contribution in [0.3, 0.4) is 0 Å². The molecule has 0 aliphatic rings. The van der Waals surface area contributed by atoms with Crippen LogP contribution in [0.4, 0.5) is 5.69 Å². The van der Waals surface area contributed by atoms with Crippen LogP contribution in [0, 0.1) is 20.8 Å². The van der Waals surface area contributed by atoms with Gasteiger partial charge in [-0.3, -0.25) is 9.59 Å². The molecule has 2 amide bonds. The molecule has 0 aliphatic carbocycles. The fraction of sp³-hybridized carbons (Fsp3) is 0.440. The van der Waals surface area contributed by atoms with Crippen LogP contribution in [-0.4, -0.2) is 63.2 Å². The van der Waals surface area contributed by atoms with Gasteiger partial charge in [-0.15, -0.1) is 0 Å². The van der Waals surface area contributed by atoms with E-state index in [1.807, 2.05) is 64.1 Å². The zero-order chi connectivity index (χ0) is 25.6. The van der Waals surface area contributed by atoms with Crippen LogP contribution in [0.1, 0.15) is 35.6 Å². The van der Waals surface area contributed by atoms with Gasteiger partial charge < -0.3 is 10.2 Å². The van der Waals surface area contributed by atoms with Gasteiger partial charge in [0, 0.05) is 27.7 Å². The molecule has 2 aromatic rings. The molecule has 2 rings (SSSR count). The summed E-state index contributed by atoms with van der Waals surface area (Å²) >= 11 is 0. The normalized spacial score (nSPS) is 12.4. The van der Waals surface area contributed by atoms with E-state index < -0.39 is 28.7 Å². The van der Waals surface area contributed by atoms with Crippen molar-refractivity contribution in [2.75, 3.05) is 32.0 Å². The summed E-state index contributed by atoms with van der Waals surface area (Å²) in [5.74, 6) is -0.747. The molecule has 0 saturated carbocycles. The van der Waals surface area contributed by atoms with Crippen molar-refractivity contribution in [3.8, 4) is 0 Å². The van der Waals surface area contributed by atoms with Gasteiger partial charge in [-0.1, -0.05) is 43.3 Å². The topological polar surface area (TPSA) is 90.0 Å². The quantitative estimate of drug-likeness (QED) is 0.557. The minimum absolute atomic E-state index is 0.195. The Bertz CT molecular complexity index is 1130. The second kappa shape index (κ2) is 11.5. The summed E-state index contributed by atoms with van der Waals surface area (Å²) in [4.78, 5) is 27.9. The zero-order valence-corrected chi connectivity index (χ0v) is 21.9. The molecule has 0 saturated heterocycles. The SMILES string of the molecule is CCC(C(=O)NC)N(Cc1ccccc1C)C(=O)CN(c1cc(C)ccc1C)S(=O)(=O)N(C)C. The highest BCUT2D eigenvalue weighted by Gasteiger charge is 2.34. The van der Waals surface area contributed by atoms with Gasteiger partial charge in [0.1, 0.15) is 12.6 Å². The van der Waals surface area contributed by atoms with Gasteiger partial charge in [-0.25, -0.2) is 4.31 Å². The van der Waals surface area contributed by atoms with Gasteiger partial charge in [0.2, 0.25) is 11.8 Å². The number of nitrogens with zero attached hydrogens (tertiary/aromatic N) is 3. The number of benzene rings is 2. The molecule has 0 bridgehead atoms. The van der Waals surface area contributed by atoms with Crippen LogP contribution >= 0.6 is 0 Å². The van der Waals surface area contributed by atoms with Gasteiger partial charge >= 0.3 is 10.2 Å². The Kier molecular flexibility index (Phi) is 9.23. The van der Waals surface area contributed by atoms with Gasteiger partial charge in [0.25, 0.3) is 0 Å². The number of rotatable bonds is 10. The van der Waals surface area contributed by atoms with Crippen LogP contribution < -0.4 is 9.62 Å². The molecule has 9 heteroatoms. The van der Waals surface area contributed by atoms with Crippen LogP contribution in [0.2, 0.25) is 0 Å². The highest BCUT2D eigenvalue weighted by Crippen LogP contribution is 2.26. The van der Waals surface area contributed by atoms with Crippen molar-refractivity contribution in [2.24, 2.45) is 0 Å². The number of likely N-dealkylation sites (N-methyl/N-ethyl adjacent to an activating group) is 1. The lowest BCUT2D eigenvalue weighted by atomic mass is 10.1. The summed E-state index contributed by atoms with van der Waals surface area (Å²) in [5.41, 5.74) is 3.92. The third kappa shape index (κ3) is 6.15. The third-order valence-electron chi connectivity index (χ3n) is 5.89. The van der Waals surface area contributed by atoms with E-state index in [1.165, 1.54) is 26.0 Å². The third-order valence-corrected chi connectivity index (χ3v) is 7.69. The molecule has 34 heavy (non-hydrogen) atoms. The molecule has 1 N–H and O–H groups in total. The number of hydrogen-bond donors (Lipinski definition) is 1. The number of carbonyl (C=O) groups excluding carboxylic acids is 2. The fourth-order valence-corrected chi connectivity index (χ4v) is 4.86. The number of nitrogens with one attached hydrogen (secondary N) is 1. The summed E-state index contributed by atoms with van der Waals surface area (Å²) in [7, 11) is 0.413. The van der Waals surface area contributed by atoms with Crippen molar-refractivity contribution in [1.29, 1.82) is 0 Å². The molecule has 1 unspecified atom stereocenters. The summed E-state index contributed by atoms with van der Waals surface area (Å²) < 4.78 is 28.8. The molecule has 0 aromatic heterocycles. The molecule has 0 spiro atoms. The number of hydrogen-bond acceptors (Lipinski definition) is 4. The molecule has 0 aliphatic heterocycles. The Morgan fingerprint density at radius 2 is 1.65 bits per heavy atom. The van der Waals surface area contributed by atoms with Crippen molar-refractivity contribution < 1.29 is 18.0 Å². The first-order valence-electron chi connectivity index (χ1n) is 11.3. The lowest BCUT2D eigenvalue weighted by Gasteiger charge is -2.34. The first-order valence-corrected chi connectivity index (χ1v) is 12.7. The van der Waals surface area contributed by atoms with Gasteiger partial charge in [0.05, 0.1) is 5.69 Å². The predicted molar refractivity (Wildman–Crippen MR) is 136 cm³/mol. The predicted octanol–water partition coefficient (Wildman–Crippen LogP) is 2.78. The average molecular weight is 489 g/mol. The van der Waals surface area contributed by atoms with Gasteiger partial charge in [-0.05, 0) is 55.5 Å². The molecule has 1 atom stereocenters. The highest BCUT2D eigenvalue weighted by atomic mass is 32.2. The molecule has 8 nitrogen and oxygen atoms in total. The maximum Gasteiger partial charge on any atom is 0.304 e. The van der Waals surface area contributed by atoms with E-state index >= 15 is 0 Å². The Hall–Kier alpha value is -2.91. The molecular weight excluding hydrogens is 452 g/mol. The fourth-order valence-electron chi connectivity index (χ4n) is 3.75. The standard InChI is InChI=1S/C25H36N4O4S/c1-8-22(25(31)26-5)28(16-21-12-10-9-11-19(21)3)24(30)17-29(34(32,33)27(6)7)23-15-18(2)13-14-20(23)4/h9-15,22H,8,16-17H2,1-7H3,(H,26,31). The lowest BCUT2D eigenvalue weighted by Crippen LogP contribution is -2.53. The van der Waals surface area contributed by atoms with E-state index in [1.54, 1.807) is 6.07 Å². The Morgan fingerprint density at radius 3 is 2.21 bits per heavy atom. The largest absolute Gasteiger partial charge is 0.357 e. The smallest absolute Gasteiger partial charge is 0.304 e. The van der Waals surface area contributed by atoms with Crippen molar-refractivity contribution in [1.82, 2.24) is 14.5 Å². The summed E-state index contributed by atoms with van der Waals surface area (Å²) in [6.45, 7) is 7.22. The van der Waals surface area contributed by atoms with E-state index in [2.05, 4.69) is 5.32 Å². The van der Waals surface area contributed by atoms with E-state index in [-0.39, 0.29) is 12.5 Å². The first kappa shape index (κ1) is 27.3. The Morgan fingerprint density at radius 1 is 1.00 bits per heavy atom. The van der Waals surface area contributed by atoms with Crippen molar-refractivity contribution >= 4 is 27.7 Å². The lowest BCUT2D eigenvalue weighted by molar-refractivity contribution is -0.140. The van der Waals surface area contributed by atoms with Gasteiger partial charge in [-0.2, -0.15) is 12.7 Å². The maximum atomic E-state index is 13.8. The van der Waals surface area contributed by atoms with Crippen molar-refractivity contribution in [2.45, 2.75) is 46.7 Å². The Labute approximate surface area is 203 Å².